The minimum absolute atomic E-state index is 0.127. The molecule has 94 valence electrons. The minimum atomic E-state index is 0.127. The van der Waals surface area contributed by atoms with Crippen LogP contribution >= 0.6 is 0 Å². The van der Waals surface area contributed by atoms with Gasteiger partial charge in [0.15, 0.2) is 0 Å². The maximum Gasteiger partial charge on any atom is 0.0779 e. The maximum absolute atomic E-state index is 5.78. The Kier molecular flexibility index (Phi) is 4.26. The molecule has 2 rings (SSSR count). The van der Waals surface area contributed by atoms with E-state index < -0.39 is 0 Å². The van der Waals surface area contributed by atoms with Crippen LogP contribution in [0.4, 0.5) is 0 Å². The fourth-order valence-electron chi connectivity index (χ4n) is 3.05. The van der Waals surface area contributed by atoms with Crippen LogP contribution in [0.15, 0.2) is 0 Å². The van der Waals surface area contributed by atoms with Crippen LogP contribution in [-0.2, 0) is 4.74 Å². The Balaban J connectivity index is 1.61. The molecule has 0 aromatic heterocycles. The number of ether oxygens (including phenoxy) is 1. The molecule has 16 heavy (non-hydrogen) atoms. The van der Waals surface area contributed by atoms with E-state index in [1.165, 1.54) is 45.1 Å². The lowest BCUT2D eigenvalue weighted by molar-refractivity contribution is 0.0199. The van der Waals surface area contributed by atoms with Crippen molar-refractivity contribution in [3.63, 3.8) is 0 Å². The van der Waals surface area contributed by atoms with Crippen molar-refractivity contribution >= 4 is 0 Å². The summed E-state index contributed by atoms with van der Waals surface area (Å²) < 4.78 is 5.78. The van der Waals surface area contributed by atoms with Crippen LogP contribution in [0.5, 0.6) is 0 Å². The van der Waals surface area contributed by atoms with Gasteiger partial charge in [0, 0.05) is 13.2 Å². The zero-order chi connectivity index (χ0) is 11.4. The molecule has 1 aliphatic heterocycles. The van der Waals surface area contributed by atoms with E-state index in [0.29, 0.717) is 0 Å². The second-order valence-electron chi connectivity index (χ2n) is 6.16. The van der Waals surface area contributed by atoms with E-state index in [1.807, 2.05) is 0 Å². The lowest BCUT2D eigenvalue weighted by Crippen LogP contribution is -2.39. The normalized spacial score (nSPS) is 40.1. The van der Waals surface area contributed by atoms with Crippen LogP contribution in [0.3, 0.4) is 0 Å². The van der Waals surface area contributed by atoms with Gasteiger partial charge in [0.25, 0.3) is 0 Å². The van der Waals surface area contributed by atoms with Crippen molar-refractivity contribution in [2.75, 3.05) is 19.7 Å². The fraction of sp³-hybridized carbons (Fsp3) is 1.00. The van der Waals surface area contributed by atoms with E-state index in [-0.39, 0.29) is 5.60 Å². The summed E-state index contributed by atoms with van der Waals surface area (Å²) in [5, 5.41) is 3.63. The van der Waals surface area contributed by atoms with E-state index >= 15 is 0 Å². The Labute approximate surface area is 100 Å². The molecule has 1 heterocycles. The SMILES string of the molecule is CC1CCC(CNCC2(C)CCCO2)CC1. The largest absolute Gasteiger partial charge is 0.374 e. The van der Waals surface area contributed by atoms with Crippen LogP contribution in [0.2, 0.25) is 0 Å². The maximum atomic E-state index is 5.78. The summed E-state index contributed by atoms with van der Waals surface area (Å²) >= 11 is 0. The lowest BCUT2D eigenvalue weighted by atomic mass is 9.83. The van der Waals surface area contributed by atoms with Gasteiger partial charge in [0.2, 0.25) is 0 Å². The van der Waals surface area contributed by atoms with E-state index in [4.69, 9.17) is 4.74 Å². The van der Waals surface area contributed by atoms with Gasteiger partial charge in [-0.05, 0) is 51.0 Å². The highest BCUT2D eigenvalue weighted by Gasteiger charge is 2.29. The van der Waals surface area contributed by atoms with Gasteiger partial charge < -0.3 is 10.1 Å². The first-order valence-electron chi connectivity index (χ1n) is 7.03. The second-order valence-corrected chi connectivity index (χ2v) is 6.16. The highest BCUT2D eigenvalue weighted by atomic mass is 16.5. The van der Waals surface area contributed by atoms with E-state index in [1.54, 1.807) is 0 Å². The lowest BCUT2D eigenvalue weighted by Gasteiger charge is -2.29. The molecular formula is C14H27NO. The molecule has 2 nitrogen and oxygen atoms in total. The van der Waals surface area contributed by atoms with Crippen molar-refractivity contribution in [1.82, 2.24) is 5.32 Å². The monoisotopic (exact) mass is 225 g/mol. The molecule has 1 aliphatic carbocycles. The van der Waals surface area contributed by atoms with Crippen molar-refractivity contribution < 1.29 is 4.74 Å². The minimum Gasteiger partial charge on any atom is -0.374 e. The quantitative estimate of drug-likeness (QED) is 0.794. The molecule has 2 aliphatic rings. The third-order valence-electron chi connectivity index (χ3n) is 4.37. The average molecular weight is 225 g/mol. The average Bonchev–Trinajstić information content (AvgIpc) is 2.69. The zero-order valence-electron chi connectivity index (χ0n) is 10.9. The Morgan fingerprint density at radius 3 is 2.62 bits per heavy atom. The zero-order valence-corrected chi connectivity index (χ0v) is 10.9. The van der Waals surface area contributed by atoms with Crippen molar-refractivity contribution in [3.8, 4) is 0 Å². The topological polar surface area (TPSA) is 21.3 Å². The summed E-state index contributed by atoms with van der Waals surface area (Å²) in [6, 6.07) is 0. The smallest absolute Gasteiger partial charge is 0.0779 e. The van der Waals surface area contributed by atoms with Crippen molar-refractivity contribution in [2.24, 2.45) is 11.8 Å². The first-order valence-corrected chi connectivity index (χ1v) is 7.03. The third kappa shape index (κ3) is 3.46. The van der Waals surface area contributed by atoms with Crippen LogP contribution < -0.4 is 5.32 Å². The molecule has 2 heteroatoms. The fourth-order valence-corrected chi connectivity index (χ4v) is 3.05. The van der Waals surface area contributed by atoms with Crippen LogP contribution in [0.25, 0.3) is 0 Å². The van der Waals surface area contributed by atoms with E-state index in [2.05, 4.69) is 19.2 Å². The molecule has 0 amide bonds. The Hall–Kier alpha value is -0.0800. The summed E-state index contributed by atoms with van der Waals surface area (Å²) in [6.45, 7) is 7.83. The van der Waals surface area contributed by atoms with Gasteiger partial charge in [-0.15, -0.1) is 0 Å². The number of rotatable bonds is 4. The van der Waals surface area contributed by atoms with Gasteiger partial charge >= 0.3 is 0 Å². The van der Waals surface area contributed by atoms with Crippen molar-refractivity contribution in [3.05, 3.63) is 0 Å². The molecule has 0 aromatic rings. The van der Waals surface area contributed by atoms with Gasteiger partial charge in [-0.2, -0.15) is 0 Å². The molecule has 1 N–H and O–H groups in total. The van der Waals surface area contributed by atoms with Crippen molar-refractivity contribution in [1.29, 1.82) is 0 Å². The first-order chi connectivity index (χ1) is 7.68. The summed E-state index contributed by atoms with van der Waals surface area (Å²) in [5.74, 6) is 1.88. The number of nitrogens with one attached hydrogen (secondary N) is 1. The molecular weight excluding hydrogens is 198 g/mol. The molecule has 0 radical (unpaired) electrons. The third-order valence-corrected chi connectivity index (χ3v) is 4.37. The van der Waals surface area contributed by atoms with Gasteiger partial charge in [-0.3, -0.25) is 0 Å². The summed E-state index contributed by atoms with van der Waals surface area (Å²) in [7, 11) is 0. The van der Waals surface area contributed by atoms with Gasteiger partial charge in [0.05, 0.1) is 5.60 Å². The number of hydrogen-bond acceptors (Lipinski definition) is 2. The van der Waals surface area contributed by atoms with E-state index in [9.17, 15) is 0 Å². The Morgan fingerprint density at radius 1 is 1.25 bits per heavy atom. The van der Waals surface area contributed by atoms with Crippen LogP contribution in [-0.4, -0.2) is 25.3 Å². The summed E-state index contributed by atoms with van der Waals surface area (Å²) in [6.07, 6.45) is 8.17. The summed E-state index contributed by atoms with van der Waals surface area (Å²) in [4.78, 5) is 0. The number of hydrogen-bond donors (Lipinski definition) is 1. The molecule has 1 unspecified atom stereocenters. The van der Waals surface area contributed by atoms with Crippen LogP contribution in [0, 0.1) is 11.8 Å². The molecule has 0 bridgehead atoms. The molecule has 1 saturated heterocycles. The van der Waals surface area contributed by atoms with E-state index in [0.717, 1.165) is 25.0 Å². The first kappa shape index (κ1) is 12.4. The predicted octanol–water partition coefficient (Wildman–Crippen LogP) is 2.97. The standard InChI is InChI=1S/C14H27NO/c1-12-4-6-13(7-5-12)10-15-11-14(2)8-3-9-16-14/h12-13,15H,3-11H2,1-2H3. The Bertz CT molecular complexity index is 203. The van der Waals surface area contributed by atoms with Crippen LogP contribution in [0.1, 0.15) is 52.4 Å². The molecule has 0 spiro atoms. The molecule has 0 aromatic carbocycles. The second kappa shape index (κ2) is 5.50. The molecule has 1 atom stereocenters. The van der Waals surface area contributed by atoms with Gasteiger partial charge in [-0.25, -0.2) is 0 Å². The molecule has 1 saturated carbocycles. The Morgan fingerprint density at radius 2 is 2.00 bits per heavy atom. The van der Waals surface area contributed by atoms with Gasteiger partial charge in [-0.1, -0.05) is 19.8 Å². The highest BCUT2D eigenvalue weighted by molar-refractivity contribution is 4.83. The molecule has 2 fully saturated rings. The summed E-state index contributed by atoms with van der Waals surface area (Å²) in [5.41, 5.74) is 0.127. The highest BCUT2D eigenvalue weighted by Crippen LogP contribution is 2.28. The predicted molar refractivity (Wildman–Crippen MR) is 67.6 cm³/mol. The van der Waals surface area contributed by atoms with Gasteiger partial charge in [0.1, 0.15) is 0 Å². The van der Waals surface area contributed by atoms with Crippen molar-refractivity contribution in [2.45, 2.75) is 58.0 Å².